The van der Waals surface area contributed by atoms with Gasteiger partial charge in [0, 0.05) is 13.1 Å². The normalized spacial score (nSPS) is 20.6. The Morgan fingerprint density at radius 3 is 3.00 bits per heavy atom. The standard InChI is InChI=1S/C11H17ClN4/c1-16(7-9-2-3-13-4-9)8-10-5-15-11(12)6-14-10/h5-6,9,13H,2-4,7-8H2,1H3. The quantitative estimate of drug-likeness (QED) is 0.858. The molecule has 2 rings (SSSR count). The number of hydrogen-bond donors (Lipinski definition) is 1. The van der Waals surface area contributed by atoms with Gasteiger partial charge in [-0.15, -0.1) is 0 Å². The van der Waals surface area contributed by atoms with E-state index in [0.717, 1.165) is 37.8 Å². The molecule has 4 nitrogen and oxygen atoms in total. The van der Waals surface area contributed by atoms with Crippen LogP contribution < -0.4 is 5.32 Å². The van der Waals surface area contributed by atoms with Crippen LogP contribution >= 0.6 is 11.6 Å². The highest BCUT2D eigenvalue weighted by atomic mass is 35.5. The smallest absolute Gasteiger partial charge is 0.147 e. The van der Waals surface area contributed by atoms with E-state index in [1.807, 2.05) is 0 Å². The first-order chi connectivity index (χ1) is 7.74. The summed E-state index contributed by atoms with van der Waals surface area (Å²) in [7, 11) is 2.12. The zero-order chi connectivity index (χ0) is 11.4. The highest BCUT2D eigenvalue weighted by molar-refractivity contribution is 6.29. The van der Waals surface area contributed by atoms with Gasteiger partial charge < -0.3 is 10.2 Å². The van der Waals surface area contributed by atoms with Crippen molar-refractivity contribution in [3.8, 4) is 0 Å². The maximum Gasteiger partial charge on any atom is 0.147 e. The van der Waals surface area contributed by atoms with Gasteiger partial charge in [-0.2, -0.15) is 0 Å². The molecule has 0 amide bonds. The molecule has 0 bridgehead atoms. The predicted octanol–water partition coefficient (Wildman–Crippen LogP) is 1.17. The summed E-state index contributed by atoms with van der Waals surface area (Å²) in [5.74, 6) is 0.769. The van der Waals surface area contributed by atoms with E-state index in [9.17, 15) is 0 Å². The van der Waals surface area contributed by atoms with Gasteiger partial charge in [0.1, 0.15) is 5.15 Å². The molecule has 5 heteroatoms. The number of rotatable bonds is 4. The van der Waals surface area contributed by atoms with Gasteiger partial charge in [-0.1, -0.05) is 11.6 Å². The third-order valence-corrected chi connectivity index (χ3v) is 3.03. The monoisotopic (exact) mass is 240 g/mol. The Balaban J connectivity index is 1.81. The molecule has 1 N–H and O–H groups in total. The van der Waals surface area contributed by atoms with Gasteiger partial charge in [0.15, 0.2) is 0 Å². The molecule has 16 heavy (non-hydrogen) atoms. The first kappa shape index (κ1) is 11.8. The number of hydrogen-bond acceptors (Lipinski definition) is 4. The topological polar surface area (TPSA) is 41.1 Å². The molecular weight excluding hydrogens is 224 g/mol. The average molecular weight is 241 g/mol. The van der Waals surface area contributed by atoms with Crippen molar-refractivity contribution in [2.75, 3.05) is 26.7 Å². The fourth-order valence-electron chi connectivity index (χ4n) is 2.07. The molecule has 0 aliphatic carbocycles. The number of nitrogens with zero attached hydrogens (tertiary/aromatic N) is 3. The Bertz CT molecular complexity index is 321. The maximum absolute atomic E-state index is 5.69. The van der Waals surface area contributed by atoms with E-state index in [4.69, 9.17) is 11.6 Å². The molecule has 1 aliphatic heterocycles. The Hall–Kier alpha value is -0.710. The summed E-state index contributed by atoms with van der Waals surface area (Å²) in [6, 6.07) is 0. The lowest BCUT2D eigenvalue weighted by atomic mass is 10.1. The van der Waals surface area contributed by atoms with Crippen LogP contribution in [0.5, 0.6) is 0 Å². The lowest BCUT2D eigenvalue weighted by molar-refractivity contribution is 0.275. The minimum atomic E-state index is 0.450. The fraction of sp³-hybridized carbons (Fsp3) is 0.636. The lowest BCUT2D eigenvalue weighted by Gasteiger charge is -2.19. The second kappa shape index (κ2) is 5.57. The molecular formula is C11H17ClN4. The summed E-state index contributed by atoms with van der Waals surface area (Å²) >= 11 is 5.69. The summed E-state index contributed by atoms with van der Waals surface area (Å²) in [4.78, 5) is 10.6. The van der Waals surface area contributed by atoms with Gasteiger partial charge >= 0.3 is 0 Å². The number of aromatic nitrogens is 2. The van der Waals surface area contributed by atoms with Crippen molar-refractivity contribution >= 4 is 11.6 Å². The van der Waals surface area contributed by atoms with Gasteiger partial charge in [0.2, 0.25) is 0 Å². The summed E-state index contributed by atoms with van der Waals surface area (Å²) in [6.45, 7) is 4.23. The van der Waals surface area contributed by atoms with Crippen molar-refractivity contribution in [3.05, 3.63) is 23.2 Å². The van der Waals surface area contributed by atoms with Crippen LogP contribution in [0.15, 0.2) is 12.4 Å². The minimum Gasteiger partial charge on any atom is -0.316 e. The molecule has 0 saturated carbocycles. The van der Waals surface area contributed by atoms with Crippen molar-refractivity contribution < 1.29 is 0 Å². The van der Waals surface area contributed by atoms with E-state index < -0.39 is 0 Å². The van der Waals surface area contributed by atoms with E-state index in [1.165, 1.54) is 6.42 Å². The van der Waals surface area contributed by atoms with Gasteiger partial charge in [-0.3, -0.25) is 4.98 Å². The van der Waals surface area contributed by atoms with E-state index in [0.29, 0.717) is 5.15 Å². The van der Waals surface area contributed by atoms with Gasteiger partial charge in [0.25, 0.3) is 0 Å². The largest absolute Gasteiger partial charge is 0.316 e. The van der Waals surface area contributed by atoms with Crippen LogP contribution in [0.3, 0.4) is 0 Å². The van der Waals surface area contributed by atoms with E-state index >= 15 is 0 Å². The fourth-order valence-corrected chi connectivity index (χ4v) is 2.17. The zero-order valence-corrected chi connectivity index (χ0v) is 10.2. The maximum atomic E-state index is 5.69. The SMILES string of the molecule is CN(Cc1cnc(Cl)cn1)CC1CCNC1. The number of nitrogens with one attached hydrogen (secondary N) is 1. The Morgan fingerprint density at radius 2 is 2.38 bits per heavy atom. The molecule has 1 aliphatic rings. The predicted molar refractivity (Wildman–Crippen MR) is 64.4 cm³/mol. The summed E-state index contributed by atoms with van der Waals surface area (Å²) in [5, 5.41) is 3.83. The Morgan fingerprint density at radius 1 is 1.50 bits per heavy atom. The molecule has 1 saturated heterocycles. The Kier molecular flexibility index (Phi) is 4.09. The highest BCUT2D eigenvalue weighted by Gasteiger charge is 2.16. The second-order valence-corrected chi connectivity index (χ2v) is 4.77. The highest BCUT2D eigenvalue weighted by Crippen LogP contribution is 2.10. The molecule has 88 valence electrons. The summed E-state index contributed by atoms with van der Waals surface area (Å²) in [6.07, 6.45) is 4.62. The van der Waals surface area contributed by atoms with Crippen molar-refractivity contribution in [2.45, 2.75) is 13.0 Å². The van der Waals surface area contributed by atoms with Crippen molar-refractivity contribution in [3.63, 3.8) is 0 Å². The molecule has 1 aromatic rings. The average Bonchev–Trinajstić information content (AvgIpc) is 2.74. The van der Waals surface area contributed by atoms with Crippen molar-refractivity contribution in [1.82, 2.24) is 20.2 Å². The second-order valence-electron chi connectivity index (χ2n) is 4.39. The molecule has 0 aromatic carbocycles. The molecule has 1 aromatic heterocycles. The zero-order valence-electron chi connectivity index (χ0n) is 9.49. The molecule has 1 unspecified atom stereocenters. The third kappa shape index (κ3) is 3.40. The minimum absolute atomic E-state index is 0.450. The number of halogens is 1. The van der Waals surface area contributed by atoms with Crippen LogP contribution in [0, 0.1) is 5.92 Å². The van der Waals surface area contributed by atoms with Crippen molar-refractivity contribution in [2.24, 2.45) is 5.92 Å². The van der Waals surface area contributed by atoms with Crippen LogP contribution in [0.2, 0.25) is 5.15 Å². The molecule has 1 atom stereocenters. The van der Waals surface area contributed by atoms with Crippen LogP contribution in [0.25, 0.3) is 0 Å². The van der Waals surface area contributed by atoms with Crippen LogP contribution in [0.1, 0.15) is 12.1 Å². The summed E-state index contributed by atoms with van der Waals surface area (Å²) in [5.41, 5.74) is 0.970. The molecule has 0 spiro atoms. The lowest BCUT2D eigenvalue weighted by Crippen LogP contribution is -2.27. The first-order valence-electron chi connectivity index (χ1n) is 5.60. The van der Waals surface area contributed by atoms with Crippen LogP contribution in [0.4, 0.5) is 0 Å². The first-order valence-corrected chi connectivity index (χ1v) is 5.97. The summed E-state index contributed by atoms with van der Waals surface area (Å²) < 4.78 is 0. The third-order valence-electron chi connectivity index (χ3n) is 2.84. The van der Waals surface area contributed by atoms with Gasteiger partial charge in [-0.25, -0.2) is 4.98 Å². The molecule has 1 fully saturated rings. The van der Waals surface area contributed by atoms with E-state index in [2.05, 4.69) is 27.2 Å². The van der Waals surface area contributed by atoms with E-state index in [1.54, 1.807) is 12.4 Å². The van der Waals surface area contributed by atoms with E-state index in [-0.39, 0.29) is 0 Å². The Labute approximate surface area is 101 Å². The van der Waals surface area contributed by atoms with Crippen LogP contribution in [-0.2, 0) is 6.54 Å². The van der Waals surface area contributed by atoms with Gasteiger partial charge in [0.05, 0.1) is 18.1 Å². The molecule has 0 radical (unpaired) electrons. The van der Waals surface area contributed by atoms with Crippen molar-refractivity contribution in [1.29, 1.82) is 0 Å². The van der Waals surface area contributed by atoms with Crippen LogP contribution in [-0.4, -0.2) is 41.5 Å². The van der Waals surface area contributed by atoms with Gasteiger partial charge in [-0.05, 0) is 32.5 Å². The molecule has 2 heterocycles.